The molecular weight excluding hydrogens is 387 g/mol. The van der Waals surface area contributed by atoms with Crippen LogP contribution >= 0.6 is 23.2 Å². The zero-order valence-corrected chi connectivity index (χ0v) is 17.1. The molecule has 1 aromatic carbocycles. The van der Waals surface area contributed by atoms with Crippen molar-refractivity contribution in [3.8, 4) is 0 Å². The molecule has 0 bridgehead atoms. The van der Waals surface area contributed by atoms with Gasteiger partial charge in [-0.3, -0.25) is 4.79 Å². The number of hydrogen-bond donors (Lipinski definition) is 0. The molecule has 27 heavy (non-hydrogen) atoms. The molecule has 0 saturated heterocycles. The fourth-order valence-electron chi connectivity index (χ4n) is 3.19. The number of ether oxygens (including phenoxy) is 1. The van der Waals surface area contributed by atoms with E-state index in [2.05, 4.69) is 4.57 Å². The molecule has 0 spiro atoms. The number of hydrogen-bond acceptors (Lipinski definition) is 3. The Morgan fingerprint density at radius 1 is 1.19 bits per heavy atom. The normalized spacial score (nSPS) is 13.5. The number of aromatic nitrogens is 1. The fourth-order valence-corrected chi connectivity index (χ4v) is 3.51. The fraction of sp³-hybridized carbons (Fsp3) is 0.400. The molecule has 1 saturated carbocycles. The van der Waals surface area contributed by atoms with Gasteiger partial charge in [0.1, 0.15) is 0 Å². The smallest absolute Gasteiger partial charge is 0.340 e. The van der Waals surface area contributed by atoms with Crippen molar-refractivity contribution in [3.63, 3.8) is 0 Å². The van der Waals surface area contributed by atoms with Crippen molar-refractivity contribution in [3.05, 3.63) is 56.8 Å². The maximum Gasteiger partial charge on any atom is 0.340 e. The summed E-state index contributed by atoms with van der Waals surface area (Å²) < 4.78 is 7.43. The predicted octanol–water partition coefficient (Wildman–Crippen LogP) is 4.56. The van der Waals surface area contributed by atoms with E-state index in [9.17, 15) is 9.59 Å². The lowest BCUT2D eigenvalue weighted by Crippen LogP contribution is -2.30. The number of halogens is 2. The number of nitrogens with zero attached hydrogens (tertiary/aromatic N) is 2. The second-order valence-corrected chi connectivity index (χ2v) is 7.77. The number of rotatable bonds is 6. The quantitative estimate of drug-likeness (QED) is 0.658. The molecule has 1 amide bonds. The Kier molecular flexibility index (Phi) is 5.82. The maximum atomic E-state index is 12.4. The lowest BCUT2D eigenvalue weighted by atomic mass is 10.2. The highest BCUT2D eigenvalue weighted by Gasteiger charge is 2.29. The van der Waals surface area contributed by atoms with Gasteiger partial charge in [-0.05, 0) is 50.5 Å². The van der Waals surface area contributed by atoms with E-state index < -0.39 is 5.97 Å². The first-order chi connectivity index (χ1) is 12.8. The van der Waals surface area contributed by atoms with Gasteiger partial charge in [0.2, 0.25) is 0 Å². The van der Waals surface area contributed by atoms with Gasteiger partial charge in [-0.25, -0.2) is 4.79 Å². The van der Waals surface area contributed by atoms with Crippen LogP contribution in [-0.4, -0.2) is 35.0 Å². The van der Waals surface area contributed by atoms with Crippen molar-refractivity contribution < 1.29 is 14.3 Å². The van der Waals surface area contributed by atoms with Crippen LogP contribution in [0.4, 0.5) is 0 Å². The number of amides is 1. The average molecular weight is 409 g/mol. The van der Waals surface area contributed by atoms with Crippen molar-refractivity contribution in [1.29, 1.82) is 0 Å². The summed E-state index contributed by atoms with van der Waals surface area (Å²) in [6, 6.07) is 7.53. The van der Waals surface area contributed by atoms with Crippen molar-refractivity contribution >= 4 is 35.1 Å². The third-order valence-corrected chi connectivity index (χ3v) is 5.51. The van der Waals surface area contributed by atoms with Crippen LogP contribution in [0.1, 0.15) is 46.2 Å². The van der Waals surface area contributed by atoms with Crippen molar-refractivity contribution in [2.75, 3.05) is 13.7 Å². The predicted molar refractivity (Wildman–Crippen MR) is 105 cm³/mol. The summed E-state index contributed by atoms with van der Waals surface area (Å²) in [5, 5.41) is 0.902. The zero-order valence-electron chi connectivity index (χ0n) is 15.6. The minimum absolute atomic E-state index is 0.287. The minimum atomic E-state index is -0.466. The van der Waals surface area contributed by atoms with E-state index in [1.165, 1.54) is 4.90 Å². The average Bonchev–Trinajstić information content (AvgIpc) is 3.40. The van der Waals surface area contributed by atoms with Crippen LogP contribution in [0.15, 0.2) is 24.3 Å². The number of likely N-dealkylation sites (N-methyl/N-ethyl adjacent to an activating group) is 1. The van der Waals surface area contributed by atoms with Crippen molar-refractivity contribution in [1.82, 2.24) is 9.47 Å². The standard InChI is InChI=1S/C20H22Cl2N2O3/c1-12-8-16(13(2)24(12)15-5-6-15)20(26)27-11-19(25)23(3)10-14-4-7-17(21)18(22)9-14/h4,7-9,15H,5-6,10-11H2,1-3H3. The number of benzene rings is 1. The molecule has 0 atom stereocenters. The molecule has 2 aromatic rings. The van der Waals surface area contributed by atoms with Gasteiger partial charge in [0.05, 0.1) is 15.6 Å². The van der Waals surface area contributed by atoms with Gasteiger partial charge in [-0.2, -0.15) is 0 Å². The SMILES string of the molecule is Cc1cc(C(=O)OCC(=O)N(C)Cc2ccc(Cl)c(Cl)c2)c(C)n1C1CC1. The molecule has 1 fully saturated rings. The first-order valence-electron chi connectivity index (χ1n) is 8.81. The van der Waals surface area contributed by atoms with Gasteiger partial charge in [-0.1, -0.05) is 29.3 Å². The van der Waals surface area contributed by atoms with Crippen LogP contribution in [0, 0.1) is 13.8 Å². The Hall–Kier alpha value is -1.98. The molecule has 1 heterocycles. The topological polar surface area (TPSA) is 51.5 Å². The van der Waals surface area contributed by atoms with E-state index >= 15 is 0 Å². The molecule has 0 radical (unpaired) electrons. The lowest BCUT2D eigenvalue weighted by molar-refractivity contribution is -0.133. The molecule has 0 N–H and O–H groups in total. The van der Waals surface area contributed by atoms with Gasteiger partial charge in [0.15, 0.2) is 6.61 Å². The van der Waals surface area contributed by atoms with Gasteiger partial charge in [-0.15, -0.1) is 0 Å². The van der Waals surface area contributed by atoms with Gasteiger partial charge in [0, 0.05) is 31.0 Å². The minimum Gasteiger partial charge on any atom is -0.452 e. The Bertz CT molecular complexity index is 888. The van der Waals surface area contributed by atoms with Crippen molar-refractivity contribution in [2.24, 2.45) is 0 Å². The molecule has 144 valence electrons. The molecule has 1 aliphatic carbocycles. The van der Waals surface area contributed by atoms with E-state index in [4.69, 9.17) is 27.9 Å². The molecule has 0 aliphatic heterocycles. The maximum absolute atomic E-state index is 12.4. The van der Waals surface area contributed by atoms with E-state index in [1.54, 1.807) is 25.2 Å². The summed E-state index contributed by atoms with van der Waals surface area (Å²) in [5.41, 5.74) is 3.32. The summed E-state index contributed by atoms with van der Waals surface area (Å²) in [5.74, 6) is -0.753. The van der Waals surface area contributed by atoms with Crippen LogP contribution in [0.5, 0.6) is 0 Å². The van der Waals surface area contributed by atoms with E-state index in [0.717, 1.165) is 29.8 Å². The monoisotopic (exact) mass is 408 g/mol. The summed E-state index contributed by atoms with van der Waals surface area (Å²) in [6.07, 6.45) is 2.28. The van der Waals surface area contributed by atoms with Crippen LogP contribution in [0.2, 0.25) is 10.0 Å². The van der Waals surface area contributed by atoms with Crippen LogP contribution in [0.25, 0.3) is 0 Å². The van der Waals surface area contributed by atoms with E-state index in [1.807, 2.05) is 19.9 Å². The molecule has 1 aromatic heterocycles. The first kappa shape index (κ1) is 19.8. The highest BCUT2D eigenvalue weighted by atomic mass is 35.5. The van der Waals surface area contributed by atoms with E-state index in [-0.39, 0.29) is 12.5 Å². The zero-order chi connectivity index (χ0) is 19.7. The summed E-state index contributed by atoms with van der Waals surface area (Å²) in [7, 11) is 1.65. The molecule has 3 rings (SSSR count). The summed E-state index contributed by atoms with van der Waals surface area (Å²) in [6.45, 7) is 3.95. The van der Waals surface area contributed by atoms with Crippen molar-refractivity contribution in [2.45, 2.75) is 39.3 Å². The van der Waals surface area contributed by atoms with E-state index in [0.29, 0.717) is 28.2 Å². The number of esters is 1. The largest absolute Gasteiger partial charge is 0.452 e. The van der Waals surface area contributed by atoms with Gasteiger partial charge < -0.3 is 14.2 Å². The second kappa shape index (κ2) is 7.95. The number of aryl methyl sites for hydroxylation is 1. The Labute approximate surface area is 168 Å². The third kappa shape index (κ3) is 4.47. The highest BCUT2D eigenvalue weighted by Crippen LogP contribution is 2.38. The Balaban J connectivity index is 1.57. The summed E-state index contributed by atoms with van der Waals surface area (Å²) >= 11 is 11.9. The second-order valence-electron chi connectivity index (χ2n) is 6.96. The number of carbonyl (C=O) groups excluding carboxylic acids is 2. The Morgan fingerprint density at radius 2 is 1.89 bits per heavy atom. The molecule has 5 nitrogen and oxygen atoms in total. The molecule has 0 unspecified atom stereocenters. The Morgan fingerprint density at radius 3 is 2.52 bits per heavy atom. The van der Waals surface area contributed by atoms with Gasteiger partial charge in [0.25, 0.3) is 5.91 Å². The third-order valence-electron chi connectivity index (χ3n) is 4.77. The van der Waals surface area contributed by atoms with Crippen LogP contribution in [-0.2, 0) is 16.1 Å². The molecule has 1 aliphatic rings. The van der Waals surface area contributed by atoms with Crippen LogP contribution < -0.4 is 0 Å². The summed E-state index contributed by atoms with van der Waals surface area (Å²) in [4.78, 5) is 26.2. The van der Waals surface area contributed by atoms with Gasteiger partial charge >= 0.3 is 5.97 Å². The lowest BCUT2D eigenvalue weighted by Gasteiger charge is -2.17. The highest BCUT2D eigenvalue weighted by molar-refractivity contribution is 6.42. The number of carbonyl (C=O) groups is 2. The molecule has 7 heteroatoms. The molecular formula is C20H22Cl2N2O3. The first-order valence-corrected chi connectivity index (χ1v) is 9.57. The van der Waals surface area contributed by atoms with Crippen LogP contribution in [0.3, 0.4) is 0 Å².